The van der Waals surface area contributed by atoms with Crippen molar-refractivity contribution in [1.82, 2.24) is 5.32 Å². The van der Waals surface area contributed by atoms with Gasteiger partial charge in [0.25, 0.3) is 0 Å². The van der Waals surface area contributed by atoms with Crippen molar-refractivity contribution in [2.75, 3.05) is 26.9 Å². The molecule has 1 saturated heterocycles. The fourth-order valence-corrected chi connectivity index (χ4v) is 1.63. The van der Waals surface area contributed by atoms with Crippen LogP contribution in [-0.4, -0.2) is 55.4 Å². The highest BCUT2D eigenvalue weighted by Crippen LogP contribution is 2.20. The lowest BCUT2D eigenvalue weighted by Gasteiger charge is -2.29. The maximum atomic E-state index is 11.6. The zero-order valence-electron chi connectivity index (χ0n) is 10.8. The van der Waals surface area contributed by atoms with Crippen molar-refractivity contribution >= 4 is 6.09 Å². The molecule has 0 aliphatic carbocycles. The van der Waals surface area contributed by atoms with Gasteiger partial charge in [0, 0.05) is 7.11 Å². The van der Waals surface area contributed by atoms with Crippen molar-refractivity contribution < 1.29 is 24.1 Å². The zero-order chi connectivity index (χ0) is 13.1. The van der Waals surface area contributed by atoms with Crippen LogP contribution in [0, 0.1) is 0 Å². The molecule has 17 heavy (non-hydrogen) atoms. The molecule has 0 radical (unpaired) electrons. The third kappa shape index (κ3) is 4.14. The number of ether oxygens (including phenoxy) is 3. The van der Waals surface area contributed by atoms with E-state index < -0.39 is 23.3 Å². The van der Waals surface area contributed by atoms with Crippen molar-refractivity contribution in [3.8, 4) is 0 Å². The Balaban J connectivity index is 2.53. The average Bonchev–Trinajstić information content (AvgIpc) is 2.45. The molecule has 100 valence electrons. The SMILES string of the molecule is COCC1(O)COCC1NC(=O)OC(C)(C)C. The molecule has 1 aliphatic rings. The summed E-state index contributed by atoms with van der Waals surface area (Å²) in [4.78, 5) is 11.6. The van der Waals surface area contributed by atoms with Crippen LogP contribution >= 0.6 is 0 Å². The topological polar surface area (TPSA) is 77.0 Å². The summed E-state index contributed by atoms with van der Waals surface area (Å²) in [5, 5.41) is 12.8. The molecular weight excluding hydrogens is 226 g/mol. The number of carbonyl (C=O) groups excluding carboxylic acids is 1. The van der Waals surface area contributed by atoms with E-state index in [1.54, 1.807) is 20.8 Å². The van der Waals surface area contributed by atoms with E-state index in [2.05, 4.69) is 5.32 Å². The number of nitrogens with one attached hydrogen (secondary N) is 1. The van der Waals surface area contributed by atoms with Gasteiger partial charge in [-0.25, -0.2) is 4.79 Å². The lowest BCUT2D eigenvalue weighted by atomic mass is 9.99. The first-order valence-electron chi connectivity index (χ1n) is 5.55. The van der Waals surface area contributed by atoms with Crippen LogP contribution in [-0.2, 0) is 14.2 Å². The van der Waals surface area contributed by atoms with E-state index in [1.165, 1.54) is 7.11 Å². The third-order valence-electron chi connectivity index (χ3n) is 2.37. The molecule has 2 N–H and O–H groups in total. The number of aliphatic hydroxyl groups is 1. The second kappa shape index (κ2) is 5.20. The molecule has 1 fully saturated rings. The zero-order valence-corrected chi connectivity index (χ0v) is 10.8. The Labute approximate surface area is 101 Å². The quantitative estimate of drug-likeness (QED) is 0.749. The number of hydrogen-bond donors (Lipinski definition) is 2. The van der Waals surface area contributed by atoms with E-state index >= 15 is 0 Å². The Kier molecular flexibility index (Phi) is 4.35. The highest BCUT2D eigenvalue weighted by atomic mass is 16.6. The first-order chi connectivity index (χ1) is 7.77. The Bertz CT molecular complexity index is 276. The second-order valence-corrected chi connectivity index (χ2v) is 5.25. The number of rotatable bonds is 3. The molecule has 0 aromatic rings. The van der Waals surface area contributed by atoms with Gasteiger partial charge in [-0.05, 0) is 20.8 Å². The minimum absolute atomic E-state index is 0.105. The van der Waals surface area contributed by atoms with Crippen LogP contribution in [0.3, 0.4) is 0 Å². The maximum absolute atomic E-state index is 11.6. The summed E-state index contributed by atoms with van der Waals surface area (Å²) in [5.41, 5.74) is -1.76. The summed E-state index contributed by atoms with van der Waals surface area (Å²) in [5.74, 6) is 0. The molecule has 0 spiro atoms. The van der Waals surface area contributed by atoms with Crippen LogP contribution in [0.1, 0.15) is 20.8 Å². The van der Waals surface area contributed by atoms with E-state index in [0.29, 0.717) is 0 Å². The highest BCUT2D eigenvalue weighted by Gasteiger charge is 2.44. The van der Waals surface area contributed by atoms with Crippen molar-refractivity contribution in [2.45, 2.75) is 38.0 Å². The van der Waals surface area contributed by atoms with Gasteiger partial charge in [0.1, 0.15) is 11.2 Å². The van der Waals surface area contributed by atoms with Gasteiger partial charge in [0.2, 0.25) is 0 Å². The first-order valence-corrected chi connectivity index (χ1v) is 5.55. The van der Waals surface area contributed by atoms with Gasteiger partial charge in [-0.2, -0.15) is 0 Å². The molecule has 1 heterocycles. The molecule has 1 aliphatic heterocycles. The number of methoxy groups -OCH3 is 1. The van der Waals surface area contributed by atoms with Crippen molar-refractivity contribution in [1.29, 1.82) is 0 Å². The monoisotopic (exact) mass is 247 g/mol. The molecular formula is C11H21NO5. The largest absolute Gasteiger partial charge is 0.444 e. The van der Waals surface area contributed by atoms with E-state index in [1.807, 2.05) is 0 Å². The van der Waals surface area contributed by atoms with Crippen molar-refractivity contribution in [3.05, 3.63) is 0 Å². The molecule has 0 aromatic carbocycles. The number of hydrogen-bond acceptors (Lipinski definition) is 5. The summed E-state index contributed by atoms with van der Waals surface area (Å²) in [6.07, 6.45) is -0.567. The lowest BCUT2D eigenvalue weighted by Crippen LogP contribution is -2.55. The molecule has 1 amide bonds. The fourth-order valence-electron chi connectivity index (χ4n) is 1.63. The van der Waals surface area contributed by atoms with Crippen LogP contribution in [0.4, 0.5) is 4.79 Å². The minimum atomic E-state index is -1.19. The normalized spacial score (nSPS) is 29.1. The Hall–Kier alpha value is -0.850. The summed E-state index contributed by atoms with van der Waals surface area (Å²) >= 11 is 0. The van der Waals surface area contributed by atoms with Crippen molar-refractivity contribution in [3.63, 3.8) is 0 Å². The summed E-state index contributed by atoms with van der Waals surface area (Å²) in [6, 6.07) is -0.516. The minimum Gasteiger partial charge on any atom is -0.444 e. The van der Waals surface area contributed by atoms with Gasteiger partial charge in [0.15, 0.2) is 0 Å². The summed E-state index contributed by atoms with van der Waals surface area (Å²) in [6.45, 7) is 5.82. The predicted molar refractivity (Wildman–Crippen MR) is 60.8 cm³/mol. The van der Waals surface area contributed by atoms with Crippen LogP contribution in [0.2, 0.25) is 0 Å². The van der Waals surface area contributed by atoms with Crippen LogP contribution in [0.15, 0.2) is 0 Å². The van der Waals surface area contributed by atoms with Gasteiger partial charge in [0.05, 0.1) is 25.9 Å². The van der Waals surface area contributed by atoms with E-state index in [4.69, 9.17) is 14.2 Å². The van der Waals surface area contributed by atoms with Gasteiger partial charge in [-0.3, -0.25) is 0 Å². The molecule has 6 nitrogen and oxygen atoms in total. The van der Waals surface area contributed by atoms with Crippen LogP contribution < -0.4 is 5.32 Å². The number of carbonyl (C=O) groups is 1. The van der Waals surface area contributed by atoms with Crippen molar-refractivity contribution in [2.24, 2.45) is 0 Å². The fraction of sp³-hybridized carbons (Fsp3) is 0.909. The lowest BCUT2D eigenvalue weighted by molar-refractivity contribution is -0.0486. The van der Waals surface area contributed by atoms with Gasteiger partial charge < -0.3 is 24.6 Å². The van der Waals surface area contributed by atoms with Gasteiger partial charge in [-0.1, -0.05) is 0 Å². The molecule has 0 saturated carbocycles. The molecule has 1 rings (SSSR count). The molecule has 2 atom stereocenters. The van der Waals surface area contributed by atoms with E-state index in [9.17, 15) is 9.90 Å². The van der Waals surface area contributed by atoms with Crippen LogP contribution in [0.5, 0.6) is 0 Å². The number of amides is 1. The molecule has 0 aromatic heterocycles. The number of alkyl carbamates (subject to hydrolysis) is 1. The molecule has 2 unspecified atom stereocenters. The highest BCUT2D eigenvalue weighted by molar-refractivity contribution is 5.68. The van der Waals surface area contributed by atoms with Crippen LogP contribution in [0.25, 0.3) is 0 Å². The summed E-state index contributed by atoms with van der Waals surface area (Å²) in [7, 11) is 1.49. The standard InChI is InChI=1S/C11H21NO5/c1-10(2,3)17-9(13)12-8-5-16-7-11(8,14)6-15-4/h8,14H,5-7H2,1-4H3,(H,12,13). The summed E-state index contributed by atoms with van der Waals surface area (Å²) < 4.78 is 15.2. The van der Waals surface area contributed by atoms with Gasteiger partial charge in [-0.15, -0.1) is 0 Å². The van der Waals surface area contributed by atoms with E-state index in [-0.39, 0.29) is 19.8 Å². The first kappa shape index (κ1) is 14.2. The smallest absolute Gasteiger partial charge is 0.408 e. The maximum Gasteiger partial charge on any atom is 0.408 e. The molecule has 0 bridgehead atoms. The van der Waals surface area contributed by atoms with E-state index in [0.717, 1.165) is 0 Å². The Morgan fingerprint density at radius 2 is 2.24 bits per heavy atom. The Morgan fingerprint density at radius 3 is 2.76 bits per heavy atom. The van der Waals surface area contributed by atoms with Gasteiger partial charge >= 0.3 is 6.09 Å². The third-order valence-corrected chi connectivity index (χ3v) is 2.37. The molecule has 6 heteroatoms. The Morgan fingerprint density at radius 1 is 1.59 bits per heavy atom. The second-order valence-electron chi connectivity index (χ2n) is 5.25. The average molecular weight is 247 g/mol. The predicted octanol–water partition coefficient (Wildman–Crippen LogP) is 0.287.